The molecule has 0 saturated carbocycles. The highest BCUT2D eigenvalue weighted by atomic mass is 16.5. The number of aliphatic hydroxyl groups excluding tert-OH is 1. The first-order valence-electron chi connectivity index (χ1n) is 8.15. The van der Waals surface area contributed by atoms with Crippen molar-refractivity contribution in [3.05, 3.63) is 23.3 Å². The van der Waals surface area contributed by atoms with E-state index >= 15 is 0 Å². The van der Waals surface area contributed by atoms with E-state index in [1.165, 1.54) is 12.1 Å². The molecule has 2 N–H and O–H groups in total. The molecule has 1 aliphatic rings. The van der Waals surface area contributed by atoms with Crippen LogP contribution in [0.2, 0.25) is 0 Å². The van der Waals surface area contributed by atoms with E-state index in [0.717, 1.165) is 0 Å². The smallest absolute Gasteiger partial charge is 0.310 e. The second-order valence-electron chi connectivity index (χ2n) is 6.68. The first-order valence-corrected chi connectivity index (χ1v) is 8.15. The van der Waals surface area contributed by atoms with Crippen molar-refractivity contribution in [3.63, 3.8) is 0 Å². The molecule has 0 fully saturated rings. The summed E-state index contributed by atoms with van der Waals surface area (Å²) < 4.78 is 10.9. The summed E-state index contributed by atoms with van der Waals surface area (Å²) in [6, 6.07) is 2.76. The number of benzene rings is 1. The summed E-state index contributed by atoms with van der Waals surface area (Å²) in [5, 5.41) is 19.3. The molecule has 2 rings (SSSR count). The molecule has 0 amide bonds. The molecule has 0 spiro atoms. The van der Waals surface area contributed by atoms with Crippen LogP contribution in [0.1, 0.15) is 49.5 Å². The van der Waals surface area contributed by atoms with Gasteiger partial charge in [-0.05, 0) is 24.5 Å². The van der Waals surface area contributed by atoms with Crippen molar-refractivity contribution < 1.29 is 29.3 Å². The standard InChI is InChI=1S/C18H24O6/c1-10(2)9-23-17(22)6-12-5-13(20)7-16-18(12)15(21)8-14(24-16)4-11(3)19/h5,7,10-11,14,19-20H,4,6,8-9H2,1-3H3. The third-order valence-corrected chi connectivity index (χ3v) is 3.67. The van der Waals surface area contributed by atoms with Gasteiger partial charge in [0.15, 0.2) is 5.78 Å². The molecular formula is C18H24O6. The highest BCUT2D eigenvalue weighted by Gasteiger charge is 2.30. The highest BCUT2D eigenvalue weighted by Crippen LogP contribution is 2.35. The Hall–Kier alpha value is -2.08. The van der Waals surface area contributed by atoms with Crippen LogP contribution in [0.4, 0.5) is 0 Å². The number of ether oxygens (including phenoxy) is 2. The quantitative estimate of drug-likeness (QED) is 0.774. The van der Waals surface area contributed by atoms with E-state index in [9.17, 15) is 19.8 Å². The van der Waals surface area contributed by atoms with Crippen molar-refractivity contribution in [2.24, 2.45) is 5.92 Å². The lowest BCUT2D eigenvalue weighted by Crippen LogP contribution is -2.30. The van der Waals surface area contributed by atoms with Crippen LogP contribution in [-0.4, -0.2) is 40.8 Å². The van der Waals surface area contributed by atoms with Crippen LogP contribution in [-0.2, 0) is 16.0 Å². The van der Waals surface area contributed by atoms with Crippen molar-refractivity contribution in [2.75, 3.05) is 6.61 Å². The predicted molar refractivity (Wildman–Crippen MR) is 87.3 cm³/mol. The number of hydrogen-bond acceptors (Lipinski definition) is 6. The van der Waals surface area contributed by atoms with Gasteiger partial charge in [0, 0.05) is 18.9 Å². The molecule has 1 aromatic rings. The summed E-state index contributed by atoms with van der Waals surface area (Å²) in [6.07, 6.45) is -0.664. The Kier molecular flexibility index (Phi) is 5.83. The zero-order valence-electron chi connectivity index (χ0n) is 14.2. The van der Waals surface area contributed by atoms with Gasteiger partial charge < -0.3 is 19.7 Å². The maximum absolute atomic E-state index is 12.5. The number of ketones is 1. The lowest BCUT2D eigenvalue weighted by Gasteiger charge is -2.27. The summed E-state index contributed by atoms with van der Waals surface area (Å²) in [5.74, 6) is -0.211. The van der Waals surface area contributed by atoms with E-state index in [2.05, 4.69) is 0 Å². The van der Waals surface area contributed by atoms with Crippen LogP contribution < -0.4 is 4.74 Å². The molecule has 6 nitrogen and oxygen atoms in total. The lowest BCUT2D eigenvalue weighted by molar-refractivity contribution is -0.143. The third-order valence-electron chi connectivity index (χ3n) is 3.67. The van der Waals surface area contributed by atoms with Crippen molar-refractivity contribution >= 4 is 11.8 Å². The zero-order valence-corrected chi connectivity index (χ0v) is 14.2. The molecule has 132 valence electrons. The van der Waals surface area contributed by atoms with Crippen LogP contribution in [0.5, 0.6) is 11.5 Å². The van der Waals surface area contributed by atoms with Crippen molar-refractivity contribution in [2.45, 2.75) is 52.2 Å². The van der Waals surface area contributed by atoms with E-state index in [1.54, 1.807) is 6.92 Å². The van der Waals surface area contributed by atoms with Crippen LogP contribution in [0, 0.1) is 5.92 Å². The number of carbonyl (C=O) groups excluding carboxylic acids is 2. The molecule has 2 unspecified atom stereocenters. The highest BCUT2D eigenvalue weighted by molar-refractivity contribution is 6.02. The maximum atomic E-state index is 12.5. The zero-order chi connectivity index (χ0) is 17.9. The number of hydrogen-bond donors (Lipinski definition) is 2. The SMILES string of the molecule is CC(C)COC(=O)Cc1cc(O)cc2c1C(=O)CC(CC(C)O)O2. The van der Waals surface area contributed by atoms with Gasteiger partial charge in [-0.3, -0.25) is 9.59 Å². The number of carbonyl (C=O) groups is 2. The number of Topliss-reactive ketones (excluding diaryl/α,β-unsaturated/α-hetero) is 1. The summed E-state index contributed by atoms with van der Waals surface area (Å²) in [6.45, 7) is 5.80. The molecule has 0 radical (unpaired) electrons. The Labute approximate surface area is 141 Å². The van der Waals surface area contributed by atoms with Gasteiger partial charge in [-0.2, -0.15) is 0 Å². The molecule has 24 heavy (non-hydrogen) atoms. The van der Waals surface area contributed by atoms with Crippen LogP contribution in [0.25, 0.3) is 0 Å². The van der Waals surface area contributed by atoms with Crippen molar-refractivity contribution in [1.82, 2.24) is 0 Å². The average molecular weight is 336 g/mol. The van der Waals surface area contributed by atoms with Gasteiger partial charge in [0.25, 0.3) is 0 Å². The number of phenols is 1. The van der Waals surface area contributed by atoms with Gasteiger partial charge in [-0.15, -0.1) is 0 Å². The van der Waals surface area contributed by atoms with E-state index in [4.69, 9.17) is 9.47 Å². The molecular weight excluding hydrogens is 312 g/mol. The number of esters is 1. The van der Waals surface area contributed by atoms with Crippen molar-refractivity contribution in [3.8, 4) is 11.5 Å². The van der Waals surface area contributed by atoms with E-state index in [0.29, 0.717) is 24.2 Å². The fourth-order valence-corrected chi connectivity index (χ4v) is 2.71. The Morgan fingerprint density at radius 3 is 2.71 bits per heavy atom. The summed E-state index contributed by atoms with van der Waals surface area (Å²) in [4.78, 5) is 24.4. The van der Waals surface area contributed by atoms with Gasteiger partial charge in [0.05, 0.1) is 24.7 Å². The molecule has 0 saturated heterocycles. The molecule has 2 atom stereocenters. The number of aromatic hydroxyl groups is 1. The predicted octanol–water partition coefficient (Wildman–Crippen LogP) is 2.24. The molecule has 0 aliphatic carbocycles. The molecule has 6 heteroatoms. The summed E-state index contributed by atoms with van der Waals surface area (Å²) in [7, 11) is 0. The number of phenolic OH excluding ortho intramolecular Hbond substituents is 1. The minimum absolute atomic E-state index is 0.0779. The molecule has 1 aromatic carbocycles. The van der Waals surface area contributed by atoms with E-state index < -0.39 is 18.2 Å². The van der Waals surface area contributed by atoms with Gasteiger partial charge in [-0.25, -0.2) is 0 Å². The minimum atomic E-state index is -0.591. The second-order valence-corrected chi connectivity index (χ2v) is 6.68. The van der Waals surface area contributed by atoms with Crippen LogP contribution in [0.3, 0.4) is 0 Å². The maximum Gasteiger partial charge on any atom is 0.310 e. The lowest BCUT2D eigenvalue weighted by atomic mass is 9.92. The normalized spacial score (nSPS) is 18.0. The first kappa shape index (κ1) is 18.3. The summed E-state index contributed by atoms with van der Waals surface area (Å²) >= 11 is 0. The number of fused-ring (bicyclic) bond motifs is 1. The Balaban J connectivity index is 2.21. The fourth-order valence-electron chi connectivity index (χ4n) is 2.71. The van der Waals surface area contributed by atoms with Crippen LogP contribution in [0.15, 0.2) is 12.1 Å². The van der Waals surface area contributed by atoms with Crippen LogP contribution >= 0.6 is 0 Å². The summed E-state index contributed by atoms with van der Waals surface area (Å²) in [5.41, 5.74) is 0.718. The van der Waals surface area contributed by atoms with Gasteiger partial charge in [0.1, 0.15) is 17.6 Å². The number of aliphatic hydroxyl groups is 1. The second kappa shape index (κ2) is 7.66. The van der Waals surface area contributed by atoms with Gasteiger partial charge in [0.2, 0.25) is 0 Å². The first-order chi connectivity index (χ1) is 11.3. The number of rotatable bonds is 6. The monoisotopic (exact) mass is 336 g/mol. The molecule has 1 heterocycles. The fraction of sp³-hybridized carbons (Fsp3) is 0.556. The Morgan fingerprint density at radius 1 is 1.38 bits per heavy atom. The minimum Gasteiger partial charge on any atom is -0.508 e. The molecule has 0 aromatic heterocycles. The Bertz CT molecular complexity index is 620. The van der Waals surface area contributed by atoms with E-state index in [-0.39, 0.29) is 36.0 Å². The molecule has 1 aliphatic heterocycles. The van der Waals surface area contributed by atoms with E-state index in [1.807, 2.05) is 13.8 Å². The third kappa shape index (κ3) is 4.71. The van der Waals surface area contributed by atoms with Crippen molar-refractivity contribution in [1.29, 1.82) is 0 Å². The van der Waals surface area contributed by atoms with Gasteiger partial charge >= 0.3 is 5.97 Å². The topological polar surface area (TPSA) is 93.1 Å². The largest absolute Gasteiger partial charge is 0.508 e. The van der Waals surface area contributed by atoms with Gasteiger partial charge in [-0.1, -0.05) is 13.8 Å². The Morgan fingerprint density at radius 2 is 2.08 bits per heavy atom. The molecule has 0 bridgehead atoms. The average Bonchev–Trinajstić information content (AvgIpc) is 2.43.